The van der Waals surface area contributed by atoms with Crippen LogP contribution < -0.4 is 103 Å². The van der Waals surface area contributed by atoms with E-state index in [1.165, 1.54) is 0 Å². The largest absolute Gasteiger partial charge is 1.00 e. The maximum absolute atomic E-state index is 5.06. The SMILES string of the molecule is [Cl][Cd-2]([Cl])([Cl])[Cl].[K+].[K+]. The molecule has 32 valence electrons. The summed E-state index contributed by atoms with van der Waals surface area (Å²) in [5, 5.41) is 0. The van der Waals surface area contributed by atoms with Crippen LogP contribution in [0.4, 0.5) is 0 Å². The van der Waals surface area contributed by atoms with E-state index in [0.29, 0.717) is 0 Å². The molecule has 0 fully saturated rings. The Morgan fingerprint density at radius 2 is 0.714 bits per heavy atom. The van der Waals surface area contributed by atoms with Gasteiger partial charge in [-0.25, -0.2) is 0 Å². The maximum atomic E-state index is 5.06. The monoisotopic (exact) mass is 332 g/mol. The Labute approximate surface area is 147 Å². The Hall–Kier alpha value is 5.35. The van der Waals surface area contributed by atoms with Crippen molar-refractivity contribution in [2.24, 2.45) is 0 Å². The van der Waals surface area contributed by atoms with Crippen LogP contribution in [0.15, 0.2) is 0 Å². The van der Waals surface area contributed by atoms with E-state index in [-0.39, 0.29) is 103 Å². The molecule has 0 spiro atoms. The Morgan fingerprint density at radius 1 is 0.714 bits per heavy atom. The van der Waals surface area contributed by atoms with Crippen LogP contribution >= 0.6 is 33.3 Å². The predicted octanol–water partition coefficient (Wildman–Crippen LogP) is -3.24. The molecule has 7 heavy (non-hydrogen) atoms. The molecule has 0 rings (SSSR count). The Kier molecular flexibility index (Phi) is 24.6. The van der Waals surface area contributed by atoms with Crippen molar-refractivity contribution in [1.29, 1.82) is 0 Å². The van der Waals surface area contributed by atoms with Gasteiger partial charge in [0.25, 0.3) is 0 Å². The topological polar surface area (TPSA) is 0 Å². The Morgan fingerprint density at radius 3 is 0.714 bits per heavy atom. The Bertz CT molecular complexity index is 25.2. The van der Waals surface area contributed by atoms with Gasteiger partial charge in [0.05, 0.1) is 0 Å². The molecule has 0 radical (unpaired) electrons. The minimum Gasteiger partial charge on any atom is 1.00 e. The molecule has 0 nitrogen and oxygen atoms in total. The van der Waals surface area contributed by atoms with E-state index in [2.05, 4.69) is 0 Å². The minimum atomic E-state index is -3.45. The first-order valence-corrected chi connectivity index (χ1v) is 21.5. The third kappa shape index (κ3) is 34.7. The van der Waals surface area contributed by atoms with E-state index in [9.17, 15) is 0 Å². The summed E-state index contributed by atoms with van der Waals surface area (Å²) in [6.45, 7) is 0. The van der Waals surface area contributed by atoms with Crippen molar-refractivity contribution in [3.8, 4) is 0 Å². The second-order valence-corrected chi connectivity index (χ2v) is 36.6. The summed E-state index contributed by atoms with van der Waals surface area (Å²) in [5.41, 5.74) is 0. The third-order valence-corrected chi connectivity index (χ3v) is 0. The molecule has 0 aliphatic carbocycles. The first-order valence-electron chi connectivity index (χ1n) is 1.07. The van der Waals surface area contributed by atoms with Gasteiger partial charge in [-0.05, 0) is 0 Å². The minimum absolute atomic E-state index is 0. The Balaban J connectivity index is -0.0000000800. The van der Waals surface area contributed by atoms with Crippen LogP contribution in [0.5, 0.6) is 0 Å². The zero-order valence-corrected chi connectivity index (χ0v) is 17.5. The van der Waals surface area contributed by atoms with Crippen LogP contribution in [0, 0.1) is 0 Å². The van der Waals surface area contributed by atoms with Gasteiger partial charge in [0, 0.05) is 0 Å². The van der Waals surface area contributed by atoms with Gasteiger partial charge in [-0.3, -0.25) is 0 Å². The van der Waals surface area contributed by atoms with Crippen LogP contribution in [-0.2, 0) is 16.3 Å². The zero-order valence-electron chi connectivity index (χ0n) is 4.22. The van der Waals surface area contributed by atoms with Crippen LogP contribution in [-0.4, -0.2) is 0 Å². The van der Waals surface area contributed by atoms with Gasteiger partial charge in [-0.15, -0.1) is 0 Å². The van der Waals surface area contributed by atoms with E-state index in [1.54, 1.807) is 0 Å². The fourth-order valence-corrected chi connectivity index (χ4v) is 0. The maximum Gasteiger partial charge on any atom is 1.00 e. The zero-order chi connectivity index (χ0) is 4.50. The van der Waals surface area contributed by atoms with Crippen molar-refractivity contribution < 1.29 is 119 Å². The van der Waals surface area contributed by atoms with E-state index in [1.807, 2.05) is 0 Å². The van der Waals surface area contributed by atoms with Gasteiger partial charge in [0.15, 0.2) is 0 Å². The van der Waals surface area contributed by atoms with Crippen molar-refractivity contribution in [2.45, 2.75) is 0 Å². The number of halogens is 4. The predicted molar refractivity (Wildman–Crippen MR) is 23.4 cm³/mol. The van der Waals surface area contributed by atoms with Crippen molar-refractivity contribution in [3.63, 3.8) is 0 Å². The molecule has 0 saturated carbocycles. The molecule has 0 aromatic carbocycles. The molecule has 0 bridgehead atoms. The molecule has 0 aromatic rings. The molecule has 0 aliphatic rings. The van der Waals surface area contributed by atoms with Gasteiger partial charge in [0.2, 0.25) is 0 Å². The first kappa shape index (κ1) is 18.2. The summed E-state index contributed by atoms with van der Waals surface area (Å²) < 4.78 is 0. The molecule has 0 saturated heterocycles. The summed E-state index contributed by atoms with van der Waals surface area (Å²) in [6.07, 6.45) is 0. The van der Waals surface area contributed by atoms with Crippen LogP contribution in [0.2, 0.25) is 0 Å². The molecular weight excluding hydrogens is 332 g/mol. The fraction of sp³-hybridized carbons (Fsp3) is 0. The summed E-state index contributed by atoms with van der Waals surface area (Å²) >= 11 is -3.45. The van der Waals surface area contributed by atoms with Crippen molar-refractivity contribution in [3.05, 3.63) is 0 Å². The molecular formula is CdCl4K2. The van der Waals surface area contributed by atoms with Crippen LogP contribution in [0.25, 0.3) is 0 Å². The molecule has 0 amide bonds. The van der Waals surface area contributed by atoms with Gasteiger partial charge in [0.1, 0.15) is 0 Å². The van der Waals surface area contributed by atoms with Gasteiger partial charge >= 0.3 is 152 Å². The smallest absolute Gasteiger partial charge is 1.00 e. The van der Waals surface area contributed by atoms with Crippen molar-refractivity contribution >= 4 is 33.3 Å². The summed E-state index contributed by atoms with van der Waals surface area (Å²) in [7, 11) is 20.2. The van der Waals surface area contributed by atoms with E-state index < -0.39 is 16.3 Å². The molecule has 0 heterocycles. The molecule has 0 aromatic heterocycles. The standard InChI is InChI=1S/Cd.4ClH.2K/h;4*1H;;/q+2;;;;;2*+1/p-4. The number of hydrogen-bond donors (Lipinski definition) is 0. The van der Waals surface area contributed by atoms with E-state index in [4.69, 9.17) is 33.3 Å². The van der Waals surface area contributed by atoms with Gasteiger partial charge < -0.3 is 0 Å². The average molecular weight is 332 g/mol. The van der Waals surface area contributed by atoms with Gasteiger partial charge in [-0.1, -0.05) is 0 Å². The second-order valence-electron chi connectivity index (χ2n) is 0.606. The number of hydrogen-bond acceptors (Lipinski definition) is 0. The van der Waals surface area contributed by atoms with Crippen molar-refractivity contribution in [1.82, 2.24) is 0 Å². The summed E-state index contributed by atoms with van der Waals surface area (Å²) in [6, 6.07) is 0. The quantitative estimate of drug-likeness (QED) is 0.409. The third-order valence-electron chi connectivity index (χ3n) is 0. The van der Waals surface area contributed by atoms with Crippen LogP contribution in [0.1, 0.15) is 0 Å². The molecule has 0 aliphatic heterocycles. The number of rotatable bonds is 0. The van der Waals surface area contributed by atoms with E-state index in [0.717, 1.165) is 0 Å². The molecule has 0 unspecified atom stereocenters. The summed E-state index contributed by atoms with van der Waals surface area (Å²) in [5.74, 6) is 0. The average Bonchev–Trinajstić information content (AvgIpc) is 0.722. The van der Waals surface area contributed by atoms with E-state index >= 15 is 0 Å². The van der Waals surface area contributed by atoms with Gasteiger partial charge in [-0.2, -0.15) is 0 Å². The first-order chi connectivity index (χ1) is 2.00. The molecule has 0 atom stereocenters. The normalized spacial score (nSPS) is 8.57. The molecule has 7 heteroatoms. The fourth-order valence-electron chi connectivity index (χ4n) is 0. The van der Waals surface area contributed by atoms with Crippen molar-refractivity contribution in [2.75, 3.05) is 0 Å². The van der Waals surface area contributed by atoms with Crippen LogP contribution in [0.3, 0.4) is 0 Å². The second kappa shape index (κ2) is 9.44. The molecule has 0 N–H and O–H groups in total. The summed E-state index contributed by atoms with van der Waals surface area (Å²) in [4.78, 5) is 0.